The molecule has 0 unspecified atom stereocenters. The standard InChI is InChI=1S/C18H23N3O2S/c1-10(2)8-11-14(18(11,3)4)17(23)21(5)9-13-19-12-6-7-24-15(12)16(22)20-13/h6-8,11,14H,9H2,1-5H3,(H,19,20,22)/t11-,14-/m0/s1. The van der Waals surface area contributed by atoms with Crippen LogP contribution in [0.15, 0.2) is 27.9 Å². The normalized spacial score (nSPS) is 21.5. The maximum absolute atomic E-state index is 12.8. The third kappa shape index (κ3) is 2.90. The molecule has 0 radical (unpaired) electrons. The van der Waals surface area contributed by atoms with Gasteiger partial charge in [-0.3, -0.25) is 9.59 Å². The van der Waals surface area contributed by atoms with Crippen molar-refractivity contribution < 1.29 is 4.79 Å². The molecule has 2 atom stereocenters. The van der Waals surface area contributed by atoms with Gasteiger partial charge in [0.1, 0.15) is 10.5 Å². The second-order valence-electron chi connectivity index (χ2n) is 7.41. The second kappa shape index (κ2) is 5.84. The Morgan fingerprint density at radius 1 is 1.46 bits per heavy atom. The van der Waals surface area contributed by atoms with Gasteiger partial charge in [0.2, 0.25) is 5.91 Å². The number of aromatic nitrogens is 2. The summed E-state index contributed by atoms with van der Waals surface area (Å²) < 4.78 is 0.625. The zero-order chi connectivity index (χ0) is 17.6. The first-order valence-electron chi connectivity index (χ1n) is 8.08. The highest BCUT2D eigenvalue weighted by atomic mass is 32.1. The topological polar surface area (TPSA) is 66.1 Å². The number of hydrogen-bond donors (Lipinski definition) is 1. The first kappa shape index (κ1) is 16.9. The van der Waals surface area contributed by atoms with Crippen molar-refractivity contribution >= 4 is 27.5 Å². The Labute approximate surface area is 145 Å². The highest BCUT2D eigenvalue weighted by Crippen LogP contribution is 2.60. The van der Waals surface area contributed by atoms with Crippen molar-refractivity contribution in [2.24, 2.45) is 17.3 Å². The van der Waals surface area contributed by atoms with E-state index in [1.807, 2.05) is 11.4 Å². The number of H-pyrrole nitrogens is 1. The van der Waals surface area contributed by atoms with E-state index in [0.717, 1.165) is 0 Å². The minimum Gasteiger partial charge on any atom is -0.338 e. The largest absolute Gasteiger partial charge is 0.338 e. The van der Waals surface area contributed by atoms with Crippen LogP contribution in [0.3, 0.4) is 0 Å². The summed E-state index contributed by atoms with van der Waals surface area (Å²) in [5.41, 5.74) is 1.77. The fraction of sp³-hybridized carbons (Fsp3) is 0.500. The van der Waals surface area contributed by atoms with Crippen LogP contribution in [0.1, 0.15) is 33.5 Å². The lowest BCUT2D eigenvalue weighted by atomic mass is 10.1. The van der Waals surface area contributed by atoms with Gasteiger partial charge in [-0.2, -0.15) is 0 Å². The van der Waals surface area contributed by atoms with E-state index in [1.165, 1.54) is 16.9 Å². The first-order valence-corrected chi connectivity index (χ1v) is 8.96. The molecule has 0 saturated heterocycles. The second-order valence-corrected chi connectivity index (χ2v) is 8.33. The lowest BCUT2D eigenvalue weighted by molar-refractivity contribution is -0.132. The van der Waals surface area contributed by atoms with E-state index < -0.39 is 0 Å². The minimum atomic E-state index is -0.139. The zero-order valence-corrected chi connectivity index (χ0v) is 15.5. The van der Waals surface area contributed by atoms with Gasteiger partial charge in [0.15, 0.2) is 0 Å². The van der Waals surface area contributed by atoms with Crippen molar-refractivity contribution in [1.82, 2.24) is 14.9 Å². The Hall–Kier alpha value is -1.95. The molecule has 3 rings (SSSR count). The van der Waals surface area contributed by atoms with E-state index in [1.54, 1.807) is 11.9 Å². The molecule has 5 nitrogen and oxygen atoms in total. The van der Waals surface area contributed by atoms with E-state index in [4.69, 9.17) is 0 Å². The van der Waals surface area contributed by atoms with Crippen molar-refractivity contribution in [1.29, 1.82) is 0 Å². The predicted octanol–water partition coefficient (Wildman–Crippen LogP) is 3.18. The molecule has 2 heterocycles. The van der Waals surface area contributed by atoms with E-state index in [9.17, 15) is 9.59 Å². The molecular weight excluding hydrogens is 322 g/mol. The number of carbonyl (C=O) groups excluding carboxylic acids is 1. The van der Waals surface area contributed by atoms with Gasteiger partial charge in [0, 0.05) is 7.05 Å². The SMILES string of the molecule is CC(C)=C[C@H]1[C@@H](C(=O)N(C)Cc2nc3ccsc3c(=O)[nH]2)C1(C)C. The zero-order valence-electron chi connectivity index (χ0n) is 14.7. The monoisotopic (exact) mass is 345 g/mol. The molecule has 0 aromatic carbocycles. The lowest BCUT2D eigenvalue weighted by Gasteiger charge is -2.17. The number of amides is 1. The van der Waals surface area contributed by atoms with Gasteiger partial charge in [-0.25, -0.2) is 4.98 Å². The molecule has 1 saturated carbocycles. The molecule has 1 amide bonds. The van der Waals surface area contributed by atoms with Crippen LogP contribution in [-0.2, 0) is 11.3 Å². The van der Waals surface area contributed by atoms with Crippen molar-refractivity contribution in [3.05, 3.63) is 39.3 Å². The summed E-state index contributed by atoms with van der Waals surface area (Å²) in [5, 5.41) is 1.85. The average Bonchev–Trinajstić information content (AvgIpc) is 2.85. The summed E-state index contributed by atoms with van der Waals surface area (Å²) in [6.45, 7) is 8.69. The average molecular weight is 345 g/mol. The van der Waals surface area contributed by atoms with Gasteiger partial charge in [-0.15, -0.1) is 11.3 Å². The molecule has 24 heavy (non-hydrogen) atoms. The van der Waals surface area contributed by atoms with Crippen molar-refractivity contribution in [3.8, 4) is 0 Å². The van der Waals surface area contributed by atoms with E-state index in [0.29, 0.717) is 22.6 Å². The van der Waals surface area contributed by atoms with Crippen LogP contribution >= 0.6 is 11.3 Å². The number of fused-ring (bicyclic) bond motifs is 1. The maximum atomic E-state index is 12.8. The minimum absolute atomic E-state index is 0.00556. The number of rotatable bonds is 4. The molecule has 0 spiro atoms. The molecule has 2 aromatic rings. The van der Waals surface area contributed by atoms with Crippen LogP contribution < -0.4 is 5.56 Å². The Kier molecular flexibility index (Phi) is 4.11. The maximum Gasteiger partial charge on any atom is 0.268 e. The smallest absolute Gasteiger partial charge is 0.268 e. The number of allylic oxidation sites excluding steroid dienone is 2. The van der Waals surface area contributed by atoms with E-state index >= 15 is 0 Å². The highest BCUT2D eigenvalue weighted by Gasteiger charge is 2.60. The van der Waals surface area contributed by atoms with Crippen LogP contribution in [0, 0.1) is 17.3 Å². The van der Waals surface area contributed by atoms with Crippen LogP contribution in [-0.4, -0.2) is 27.8 Å². The Bertz CT molecular complexity index is 874. The van der Waals surface area contributed by atoms with E-state index in [-0.39, 0.29) is 28.7 Å². The highest BCUT2D eigenvalue weighted by molar-refractivity contribution is 7.17. The fourth-order valence-corrected chi connectivity index (χ4v) is 4.08. The lowest BCUT2D eigenvalue weighted by Crippen LogP contribution is -2.30. The van der Waals surface area contributed by atoms with Crippen molar-refractivity contribution in [2.45, 2.75) is 34.2 Å². The molecule has 2 aromatic heterocycles. The third-order valence-corrected chi connectivity index (χ3v) is 5.72. The number of nitrogens with one attached hydrogen (secondary N) is 1. The van der Waals surface area contributed by atoms with Gasteiger partial charge in [-0.05, 0) is 36.6 Å². The first-order chi connectivity index (χ1) is 11.2. The fourth-order valence-electron chi connectivity index (χ4n) is 3.36. The van der Waals surface area contributed by atoms with Gasteiger partial charge in [-0.1, -0.05) is 25.5 Å². The molecule has 1 aliphatic carbocycles. The third-order valence-electron chi connectivity index (χ3n) is 4.82. The van der Waals surface area contributed by atoms with Crippen LogP contribution in [0.5, 0.6) is 0 Å². The van der Waals surface area contributed by atoms with Crippen LogP contribution in [0.25, 0.3) is 10.2 Å². The molecule has 1 N–H and O–H groups in total. The molecule has 1 aliphatic rings. The predicted molar refractivity (Wildman–Crippen MR) is 96.9 cm³/mol. The summed E-state index contributed by atoms with van der Waals surface area (Å²) in [6, 6.07) is 1.83. The number of carbonyl (C=O) groups is 1. The molecule has 6 heteroatoms. The van der Waals surface area contributed by atoms with E-state index in [2.05, 4.69) is 43.7 Å². The van der Waals surface area contributed by atoms with Gasteiger partial charge < -0.3 is 9.88 Å². The Balaban J connectivity index is 1.77. The molecule has 1 fully saturated rings. The van der Waals surface area contributed by atoms with Crippen LogP contribution in [0.4, 0.5) is 0 Å². The molecule has 128 valence electrons. The Morgan fingerprint density at radius 2 is 2.17 bits per heavy atom. The molecular formula is C18H23N3O2S. The summed E-state index contributed by atoms with van der Waals surface area (Å²) in [5.74, 6) is 0.910. The number of nitrogens with zero attached hydrogens (tertiary/aromatic N) is 2. The summed E-state index contributed by atoms with van der Waals surface area (Å²) in [7, 11) is 1.77. The van der Waals surface area contributed by atoms with Crippen molar-refractivity contribution in [3.63, 3.8) is 0 Å². The number of aromatic amines is 1. The summed E-state index contributed by atoms with van der Waals surface area (Å²) in [4.78, 5) is 33.7. The van der Waals surface area contributed by atoms with Gasteiger partial charge >= 0.3 is 0 Å². The van der Waals surface area contributed by atoms with Crippen LogP contribution in [0.2, 0.25) is 0 Å². The van der Waals surface area contributed by atoms with Gasteiger partial charge in [0.05, 0.1) is 18.0 Å². The quantitative estimate of drug-likeness (QED) is 0.866. The summed E-state index contributed by atoms with van der Waals surface area (Å²) in [6.07, 6.45) is 2.19. The Morgan fingerprint density at radius 3 is 2.83 bits per heavy atom. The van der Waals surface area contributed by atoms with Gasteiger partial charge in [0.25, 0.3) is 5.56 Å². The number of thiophene rings is 1. The molecule has 0 aliphatic heterocycles. The molecule has 0 bridgehead atoms. The summed E-state index contributed by atoms with van der Waals surface area (Å²) >= 11 is 1.38. The number of hydrogen-bond acceptors (Lipinski definition) is 4. The van der Waals surface area contributed by atoms with Crippen molar-refractivity contribution in [2.75, 3.05) is 7.05 Å².